The van der Waals surface area contributed by atoms with Gasteiger partial charge in [-0.2, -0.15) is 0 Å². The Morgan fingerprint density at radius 1 is 1.05 bits per heavy atom. The summed E-state index contributed by atoms with van der Waals surface area (Å²) >= 11 is 0. The number of hydrogen-bond donors (Lipinski definition) is 2. The lowest BCUT2D eigenvalue weighted by atomic mass is 10.1. The molecule has 0 radical (unpaired) electrons. The maximum absolute atomic E-state index is 5.96. The van der Waals surface area contributed by atoms with E-state index in [9.17, 15) is 0 Å². The molecule has 2 aromatic rings. The Morgan fingerprint density at radius 2 is 1.85 bits per heavy atom. The van der Waals surface area contributed by atoms with Gasteiger partial charge in [0.1, 0.15) is 5.75 Å². The number of rotatable bonds is 7. The molecule has 0 saturated heterocycles. The number of nitrogen functional groups attached to an aromatic ring is 1. The van der Waals surface area contributed by atoms with Crippen LogP contribution in [0.4, 0.5) is 5.69 Å². The van der Waals surface area contributed by atoms with Gasteiger partial charge in [0.05, 0.1) is 12.3 Å². The summed E-state index contributed by atoms with van der Waals surface area (Å²) in [5.41, 5.74) is 9.21. The predicted molar refractivity (Wildman–Crippen MR) is 83.9 cm³/mol. The lowest BCUT2D eigenvalue weighted by molar-refractivity contribution is 0.342. The third-order valence-electron chi connectivity index (χ3n) is 3.14. The van der Waals surface area contributed by atoms with Gasteiger partial charge in [-0.1, -0.05) is 36.4 Å². The molecule has 0 aliphatic carbocycles. The summed E-state index contributed by atoms with van der Waals surface area (Å²) in [4.78, 5) is 0. The molecule has 0 aromatic heterocycles. The number of ether oxygens (including phenoxy) is 1. The summed E-state index contributed by atoms with van der Waals surface area (Å²) in [6, 6.07) is 16.4. The van der Waals surface area contributed by atoms with E-state index in [-0.39, 0.29) is 0 Å². The molecule has 3 N–H and O–H groups in total. The SMILES string of the molecule is CCOc1ccc(CCNCc2ccccc2)cc1N. The van der Waals surface area contributed by atoms with Gasteiger partial charge in [0.15, 0.2) is 0 Å². The van der Waals surface area contributed by atoms with Gasteiger partial charge in [-0.25, -0.2) is 0 Å². The summed E-state index contributed by atoms with van der Waals surface area (Å²) < 4.78 is 5.43. The molecule has 0 atom stereocenters. The molecule has 2 aromatic carbocycles. The van der Waals surface area contributed by atoms with E-state index in [0.29, 0.717) is 12.3 Å². The van der Waals surface area contributed by atoms with Crippen LogP contribution in [0.5, 0.6) is 5.75 Å². The molecule has 20 heavy (non-hydrogen) atoms. The van der Waals surface area contributed by atoms with E-state index in [1.54, 1.807) is 0 Å². The number of hydrogen-bond acceptors (Lipinski definition) is 3. The summed E-state index contributed by atoms with van der Waals surface area (Å²) in [5.74, 6) is 0.772. The van der Waals surface area contributed by atoms with Crippen LogP contribution in [0.15, 0.2) is 48.5 Å². The van der Waals surface area contributed by atoms with E-state index in [4.69, 9.17) is 10.5 Å². The molecule has 106 valence electrons. The molecule has 0 aliphatic rings. The van der Waals surface area contributed by atoms with Gasteiger partial charge in [-0.15, -0.1) is 0 Å². The Labute approximate surface area is 120 Å². The lowest BCUT2D eigenvalue weighted by Crippen LogP contribution is -2.16. The van der Waals surface area contributed by atoms with Crippen molar-refractivity contribution in [2.24, 2.45) is 0 Å². The average molecular weight is 270 g/mol. The second kappa shape index (κ2) is 7.56. The molecular formula is C17H22N2O. The van der Waals surface area contributed by atoms with Crippen molar-refractivity contribution in [3.05, 3.63) is 59.7 Å². The zero-order chi connectivity index (χ0) is 14.2. The number of anilines is 1. The molecular weight excluding hydrogens is 248 g/mol. The zero-order valence-electron chi connectivity index (χ0n) is 11.9. The topological polar surface area (TPSA) is 47.3 Å². The molecule has 0 heterocycles. The fourth-order valence-electron chi connectivity index (χ4n) is 2.10. The van der Waals surface area contributed by atoms with Gasteiger partial charge in [0.25, 0.3) is 0 Å². The molecule has 0 amide bonds. The molecule has 3 nitrogen and oxygen atoms in total. The Bertz CT molecular complexity index is 526. The number of benzene rings is 2. The van der Waals surface area contributed by atoms with Crippen LogP contribution in [0.2, 0.25) is 0 Å². The van der Waals surface area contributed by atoms with E-state index < -0.39 is 0 Å². The Kier molecular flexibility index (Phi) is 5.44. The van der Waals surface area contributed by atoms with Gasteiger partial charge in [0, 0.05) is 6.54 Å². The zero-order valence-corrected chi connectivity index (χ0v) is 11.9. The van der Waals surface area contributed by atoms with Crippen LogP contribution in [-0.2, 0) is 13.0 Å². The summed E-state index contributed by atoms with van der Waals surface area (Å²) in [6.07, 6.45) is 0.962. The molecule has 0 unspecified atom stereocenters. The quantitative estimate of drug-likeness (QED) is 0.600. The van der Waals surface area contributed by atoms with Crippen molar-refractivity contribution in [2.75, 3.05) is 18.9 Å². The number of nitrogens with one attached hydrogen (secondary N) is 1. The summed E-state index contributed by atoms with van der Waals surface area (Å²) in [5, 5.41) is 3.44. The van der Waals surface area contributed by atoms with Crippen LogP contribution in [0.1, 0.15) is 18.1 Å². The molecule has 0 saturated carbocycles. The van der Waals surface area contributed by atoms with Crippen LogP contribution < -0.4 is 15.8 Å². The van der Waals surface area contributed by atoms with Crippen molar-refractivity contribution in [3.63, 3.8) is 0 Å². The average Bonchev–Trinajstić information content (AvgIpc) is 2.48. The maximum Gasteiger partial charge on any atom is 0.142 e. The highest BCUT2D eigenvalue weighted by molar-refractivity contribution is 5.54. The van der Waals surface area contributed by atoms with Crippen molar-refractivity contribution >= 4 is 5.69 Å². The van der Waals surface area contributed by atoms with Gasteiger partial charge < -0.3 is 15.8 Å². The normalized spacial score (nSPS) is 10.4. The minimum Gasteiger partial charge on any atom is -0.492 e. The smallest absolute Gasteiger partial charge is 0.142 e. The fourth-order valence-corrected chi connectivity index (χ4v) is 2.10. The highest BCUT2D eigenvalue weighted by Crippen LogP contribution is 2.22. The highest BCUT2D eigenvalue weighted by atomic mass is 16.5. The minimum atomic E-state index is 0.641. The molecule has 0 spiro atoms. The van der Waals surface area contributed by atoms with Gasteiger partial charge in [-0.3, -0.25) is 0 Å². The molecule has 0 fully saturated rings. The van der Waals surface area contributed by atoms with E-state index >= 15 is 0 Å². The van der Waals surface area contributed by atoms with Gasteiger partial charge in [0.2, 0.25) is 0 Å². The first-order valence-corrected chi connectivity index (χ1v) is 7.05. The van der Waals surface area contributed by atoms with Crippen LogP contribution in [0.3, 0.4) is 0 Å². The fraction of sp³-hybridized carbons (Fsp3) is 0.294. The minimum absolute atomic E-state index is 0.641. The van der Waals surface area contributed by atoms with E-state index in [2.05, 4.69) is 35.6 Å². The first-order valence-electron chi connectivity index (χ1n) is 7.05. The van der Waals surface area contributed by atoms with Crippen molar-refractivity contribution in [1.29, 1.82) is 0 Å². The van der Waals surface area contributed by atoms with Crippen LogP contribution in [0, 0.1) is 0 Å². The Hall–Kier alpha value is -2.00. The highest BCUT2D eigenvalue weighted by Gasteiger charge is 2.01. The maximum atomic E-state index is 5.96. The van der Waals surface area contributed by atoms with Gasteiger partial charge >= 0.3 is 0 Å². The number of nitrogens with two attached hydrogens (primary N) is 1. The Morgan fingerprint density at radius 3 is 2.55 bits per heavy atom. The van der Waals surface area contributed by atoms with Crippen molar-refractivity contribution in [2.45, 2.75) is 19.9 Å². The molecule has 2 rings (SSSR count). The van der Waals surface area contributed by atoms with Crippen molar-refractivity contribution in [1.82, 2.24) is 5.32 Å². The summed E-state index contributed by atoms with van der Waals surface area (Å²) in [6.45, 7) is 4.43. The standard InChI is InChI=1S/C17H22N2O/c1-2-20-17-9-8-14(12-16(17)18)10-11-19-13-15-6-4-3-5-7-15/h3-9,12,19H,2,10-11,13,18H2,1H3. The lowest BCUT2D eigenvalue weighted by Gasteiger charge is -2.09. The van der Waals surface area contributed by atoms with Gasteiger partial charge in [-0.05, 0) is 43.1 Å². The van der Waals surface area contributed by atoms with Crippen LogP contribution in [-0.4, -0.2) is 13.2 Å². The second-order valence-corrected chi connectivity index (χ2v) is 4.72. The third kappa shape index (κ3) is 4.28. The van der Waals surface area contributed by atoms with Crippen LogP contribution in [0.25, 0.3) is 0 Å². The molecule has 3 heteroatoms. The molecule has 0 bridgehead atoms. The Balaban J connectivity index is 1.78. The third-order valence-corrected chi connectivity index (χ3v) is 3.14. The van der Waals surface area contributed by atoms with Crippen molar-refractivity contribution in [3.8, 4) is 5.75 Å². The first-order chi connectivity index (χ1) is 9.79. The summed E-state index contributed by atoms with van der Waals surface area (Å²) in [7, 11) is 0. The molecule has 0 aliphatic heterocycles. The second-order valence-electron chi connectivity index (χ2n) is 4.72. The van der Waals surface area contributed by atoms with E-state index in [1.807, 2.05) is 25.1 Å². The van der Waals surface area contributed by atoms with Crippen LogP contribution >= 0.6 is 0 Å². The van der Waals surface area contributed by atoms with Crippen molar-refractivity contribution < 1.29 is 4.74 Å². The van der Waals surface area contributed by atoms with E-state index in [0.717, 1.165) is 25.3 Å². The first kappa shape index (κ1) is 14.4. The van der Waals surface area contributed by atoms with E-state index in [1.165, 1.54) is 11.1 Å². The predicted octanol–water partition coefficient (Wildman–Crippen LogP) is 3.00. The largest absolute Gasteiger partial charge is 0.492 e. The monoisotopic (exact) mass is 270 g/mol.